The highest BCUT2D eigenvalue weighted by molar-refractivity contribution is 8.10. The molecule has 0 saturated carbocycles. The van der Waals surface area contributed by atoms with Crippen molar-refractivity contribution in [1.29, 1.82) is 0 Å². The normalized spacial score (nSPS) is 35.2. The van der Waals surface area contributed by atoms with Gasteiger partial charge in [0, 0.05) is 0 Å². The van der Waals surface area contributed by atoms with Crippen LogP contribution >= 0.6 is 7.14 Å². The van der Waals surface area contributed by atoms with Gasteiger partial charge in [-0.1, -0.05) is 0 Å². The fourth-order valence-electron chi connectivity index (χ4n) is 3.31. The minimum absolute atomic E-state index is 0.534. The number of hydrogen-bond donors (Lipinski definition) is 1. The van der Waals surface area contributed by atoms with Crippen molar-refractivity contribution in [3.8, 4) is 0 Å². The Hall–Kier alpha value is -0.0300. The summed E-state index contributed by atoms with van der Waals surface area (Å²) in [7, 11) is -11.1. The van der Waals surface area contributed by atoms with Crippen molar-refractivity contribution >= 4 is 26.8 Å². The van der Waals surface area contributed by atoms with E-state index in [9.17, 15) is 26.5 Å². The van der Waals surface area contributed by atoms with Crippen LogP contribution in [0, 0.1) is 0 Å². The largest absolute Gasteiger partial charge is 0.388 e. The van der Waals surface area contributed by atoms with Gasteiger partial charge in [-0.05, 0) is 34.1 Å². The number of ether oxygens (including phenoxy) is 3. The molecule has 5 unspecified atom stereocenters. The third-order valence-corrected chi connectivity index (χ3v) is 11.8. The third kappa shape index (κ3) is 5.73. The molecule has 26 heavy (non-hydrogen) atoms. The van der Waals surface area contributed by atoms with Crippen molar-refractivity contribution in [2.24, 2.45) is 0 Å². The van der Waals surface area contributed by atoms with Crippen molar-refractivity contribution in [2.75, 3.05) is 29.7 Å². The van der Waals surface area contributed by atoms with Crippen molar-refractivity contribution in [1.82, 2.24) is 0 Å². The molecule has 0 amide bonds. The topological polar surface area (TPSA) is 133 Å². The van der Waals surface area contributed by atoms with Crippen molar-refractivity contribution in [3.05, 3.63) is 0 Å². The van der Waals surface area contributed by atoms with Gasteiger partial charge in [-0.25, -0.2) is 16.8 Å². The van der Waals surface area contributed by atoms with E-state index < -0.39 is 79.5 Å². The lowest BCUT2D eigenvalue weighted by atomic mass is 9.96. The molecule has 154 valence electrons. The zero-order valence-electron chi connectivity index (χ0n) is 15.5. The average Bonchev–Trinajstić information content (AvgIpc) is 2.67. The third-order valence-electron chi connectivity index (χ3n) is 4.02. The van der Waals surface area contributed by atoms with Crippen LogP contribution in [0.1, 0.15) is 20.8 Å². The van der Waals surface area contributed by atoms with Crippen LogP contribution < -0.4 is 0 Å². The van der Waals surface area contributed by atoms with E-state index in [4.69, 9.17) is 14.2 Å². The molecule has 0 bridgehead atoms. The van der Waals surface area contributed by atoms with Crippen LogP contribution in [-0.2, 0) is 38.5 Å². The average molecular weight is 434 g/mol. The zero-order valence-corrected chi connectivity index (χ0v) is 18.0. The molecule has 5 atom stereocenters. The molecule has 2 aliphatic rings. The Morgan fingerprint density at radius 3 is 2.12 bits per heavy atom. The van der Waals surface area contributed by atoms with E-state index in [-0.39, 0.29) is 0 Å². The standard InChI is InChI=1S/C14H27O9PS2/c1-9-12-13(23-14(2,3)22-12)11(15)10(21-9)6-25(17,18)8-26(19,20)7-24(4,5)16/h9-13,15H,6-8H2,1-5H3. The Morgan fingerprint density at radius 1 is 1.04 bits per heavy atom. The summed E-state index contributed by atoms with van der Waals surface area (Å²) >= 11 is 0. The SMILES string of the molecule is CC1OC(CS(=O)(=O)CS(=O)(=O)CP(C)(C)=O)C(O)C2OC(C)(C)OC12. The first-order chi connectivity index (χ1) is 11.5. The van der Waals surface area contributed by atoms with Gasteiger partial charge >= 0.3 is 0 Å². The predicted molar refractivity (Wildman–Crippen MR) is 96.1 cm³/mol. The van der Waals surface area contributed by atoms with Crippen LogP contribution in [0.3, 0.4) is 0 Å². The van der Waals surface area contributed by atoms with E-state index in [1.807, 2.05) is 0 Å². The fourth-order valence-corrected chi connectivity index (χ4v) is 11.4. The maximum Gasteiger partial charge on any atom is 0.171 e. The minimum atomic E-state index is -4.12. The maximum atomic E-state index is 12.3. The molecule has 0 aromatic carbocycles. The first-order valence-corrected chi connectivity index (χ1v) is 14.6. The molecule has 0 aromatic rings. The van der Waals surface area contributed by atoms with Crippen LogP contribution in [0.5, 0.6) is 0 Å². The second-order valence-electron chi connectivity index (χ2n) is 7.91. The summed E-state index contributed by atoms with van der Waals surface area (Å²) in [4.78, 5) is 0. The van der Waals surface area contributed by atoms with Crippen LogP contribution in [0.15, 0.2) is 0 Å². The minimum Gasteiger partial charge on any atom is -0.388 e. The first kappa shape index (κ1) is 22.3. The molecule has 0 spiro atoms. The van der Waals surface area contributed by atoms with E-state index >= 15 is 0 Å². The van der Waals surface area contributed by atoms with Crippen molar-refractivity contribution in [2.45, 2.75) is 57.1 Å². The van der Waals surface area contributed by atoms with Gasteiger partial charge in [0.15, 0.2) is 30.5 Å². The van der Waals surface area contributed by atoms with Crippen molar-refractivity contribution < 1.29 is 40.7 Å². The quantitative estimate of drug-likeness (QED) is 0.574. The highest BCUT2D eigenvalue weighted by atomic mass is 32.3. The fraction of sp³-hybridized carbons (Fsp3) is 1.00. The van der Waals surface area contributed by atoms with Gasteiger partial charge < -0.3 is 23.9 Å². The van der Waals surface area contributed by atoms with Gasteiger partial charge in [-0.2, -0.15) is 0 Å². The molecular formula is C14H27O9PS2. The van der Waals surface area contributed by atoms with E-state index in [2.05, 4.69) is 0 Å². The summed E-state index contributed by atoms with van der Waals surface area (Å²) < 4.78 is 77.3. The van der Waals surface area contributed by atoms with Crippen molar-refractivity contribution in [3.63, 3.8) is 0 Å². The zero-order chi connectivity index (χ0) is 20.1. The van der Waals surface area contributed by atoms with Crippen LogP contribution in [0.4, 0.5) is 0 Å². The lowest BCUT2D eigenvalue weighted by Gasteiger charge is -2.38. The molecule has 0 aromatic heterocycles. The van der Waals surface area contributed by atoms with Crippen LogP contribution in [0.25, 0.3) is 0 Å². The Labute approximate surface area is 154 Å². The van der Waals surface area contributed by atoms with Gasteiger partial charge in [0.2, 0.25) is 0 Å². The molecule has 2 rings (SSSR count). The molecule has 0 radical (unpaired) electrons. The molecule has 9 nitrogen and oxygen atoms in total. The summed E-state index contributed by atoms with van der Waals surface area (Å²) in [6, 6.07) is 0. The second kappa shape index (κ2) is 7.09. The monoisotopic (exact) mass is 434 g/mol. The Bertz CT molecular complexity index is 783. The van der Waals surface area contributed by atoms with Crippen LogP contribution in [-0.4, -0.2) is 87.9 Å². The number of aliphatic hydroxyl groups is 1. The van der Waals surface area contributed by atoms with Gasteiger partial charge in [-0.3, -0.25) is 0 Å². The predicted octanol–water partition coefficient (Wildman–Crippen LogP) is 0.0220. The Morgan fingerprint density at radius 2 is 1.58 bits per heavy atom. The molecule has 12 heteroatoms. The second-order valence-corrected chi connectivity index (χ2v) is 16.3. The van der Waals surface area contributed by atoms with E-state index in [1.165, 1.54) is 13.3 Å². The number of rotatable bonds is 6. The molecule has 2 fully saturated rings. The number of fused-ring (bicyclic) bond motifs is 1. The lowest BCUT2D eigenvalue weighted by molar-refractivity contribution is -0.173. The number of sulfone groups is 2. The van der Waals surface area contributed by atoms with E-state index in [0.717, 1.165) is 0 Å². The maximum absolute atomic E-state index is 12.3. The molecule has 2 aliphatic heterocycles. The van der Waals surface area contributed by atoms with Gasteiger partial charge in [0.05, 0.1) is 19.0 Å². The first-order valence-electron chi connectivity index (χ1n) is 8.14. The molecule has 2 heterocycles. The molecular weight excluding hydrogens is 407 g/mol. The van der Waals surface area contributed by atoms with Gasteiger partial charge in [0.25, 0.3) is 0 Å². The highest BCUT2D eigenvalue weighted by Gasteiger charge is 2.54. The summed E-state index contributed by atoms with van der Waals surface area (Å²) in [5.41, 5.74) is -0.681. The van der Waals surface area contributed by atoms with E-state index in [1.54, 1.807) is 20.8 Å². The Balaban J connectivity index is 2.11. The number of hydrogen-bond acceptors (Lipinski definition) is 9. The Kier molecular flexibility index (Phi) is 6.07. The molecule has 2 saturated heterocycles. The lowest BCUT2D eigenvalue weighted by Crippen LogP contribution is -2.57. The summed E-state index contributed by atoms with van der Waals surface area (Å²) in [6.07, 6.45) is -4.27. The summed E-state index contributed by atoms with van der Waals surface area (Å²) in [5.74, 6) is -1.61. The van der Waals surface area contributed by atoms with Gasteiger partial charge in [0.1, 0.15) is 29.9 Å². The summed E-state index contributed by atoms with van der Waals surface area (Å²) in [6.45, 7) is 7.60. The van der Waals surface area contributed by atoms with Crippen LogP contribution in [0.2, 0.25) is 0 Å². The smallest absolute Gasteiger partial charge is 0.171 e. The molecule has 0 aliphatic carbocycles. The van der Waals surface area contributed by atoms with E-state index in [0.29, 0.717) is 0 Å². The molecule has 1 N–H and O–H groups in total. The highest BCUT2D eigenvalue weighted by Crippen LogP contribution is 2.39. The summed E-state index contributed by atoms with van der Waals surface area (Å²) in [5, 5.41) is 9.31. The number of aliphatic hydroxyl groups excluding tert-OH is 1. The van der Waals surface area contributed by atoms with Gasteiger partial charge in [-0.15, -0.1) is 0 Å².